The standard InChI is InChI=1S/C18H30N4O2/c1-3-21(2)15-17-6-4-5-16(13-17)14-20-18(23)19-7-8-22-9-11-24-12-10-22/h4-6,13H,3,7-12,14-15H2,1-2H3,(H2,19,20,23). The third-order valence-electron chi connectivity index (χ3n) is 4.25. The second kappa shape index (κ2) is 10.3. The topological polar surface area (TPSA) is 56.8 Å². The molecule has 0 radical (unpaired) electrons. The summed E-state index contributed by atoms with van der Waals surface area (Å²) in [7, 11) is 2.10. The minimum atomic E-state index is -0.112. The number of carbonyl (C=O) groups excluding carboxylic acids is 1. The highest BCUT2D eigenvalue weighted by Gasteiger charge is 2.10. The van der Waals surface area contributed by atoms with E-state index in [2.05, 4.69) is 46.5 Å². The van der Waals surface area contributed by atoms with Gasteiger partial charge in [-0.2, -0.15) is 0 Å². The van der Waals surface area contributed by atoms with Gasteiger partial charge in [0.15, 0.2) is 0 Å². The number of nitrogens with zero attached hydrogens (tertiary/aromatic N) is 2. The van der Waals surface area contributed by atoms with Crippen molar-refractivity contribution in [2.45, 2.75) is 20.0 Å². The summed E-state index contributed by atoms with van der Waals surface area (Å²) in [5.41, 5.74) is 2.40. The van der Waals surface area contributed by atoms with Crippen LogP contribution in [-0.2, 0) is 17.8 Å². The SMILES string of the molecule is CCN(C)Cc1cccc(CNC(=O)NCCN2CCOCC2)c1. The van der Waals surface area contributed by atoms with Crippen molar-refractivity contribution < 1.29 is 9.53 Å². The molecule has 2 N–H and O–H groups in total. The van der Waals surface area contributed by atoms with Crippen molar-refractivity contribution >= 4 is 6.03 Å². The number of nitrogens with one attached hydrogen (secondary N) is 2. The zero-order valence-corrected chi connectivity index (χ0v) is 14.9. The predicted octanol–water partition coefficient (Wildman–Crippen LogP) is 1.27. The lowest BCUT2D eigenvalue weighted by molar-refractivity contribution is 0.0387. The molecule has 2 rings (SSSR count). The maximum Gasteiger partial charge on any atom is 0.315 e. The van der Waals surface area contributed by atoms with Crippen LogP contribution in [0.1, 0.15) is 18.1 Å². The first-order valence-electron chi connectivity index (χ1n) is 8.75. The molecule has 6 heteroatoms. The molecule has 1 saturated heterocycles. The average Bonchev–Trinajstić information content (AvgIpc) is 2.61. The van der Waals surface area contributed by atoms with Gasteiger partial charge in [0.2, 0.25) is 0 Å². The normalized spacial score (nSPS) is 15.5. The lowest BCUT2D eigenvalue weighted by atomic mass is 10.1. The Balaban J connectivity index is 1.66. The molecule has 1 heterocycles. The van der Waals surface area contributed by atoms with Gasteiger partial charge in [-0.3, -0.25) is 4.90 Å². The Hall–Kier alpha value is -1.63. The summed E-state index contributed by atoms with van der Waals surface area (Å²) >= 11 is 0. The Labute approximate surface area is 145 Å². The number of hydrogen-bond acceptors (Lipinski definition) is 4. The number of hydrogen-bond donors (Lipinski definition) is 2. The van der Waals surface area contributed by atoms with E-state index in [-0.39, 0.29) is 6.03 Å². The van der Waals surface area contributed by atoms with Crippen LogP contribution in [0.5, 0.6) is 0 Å². The van der Waals surface area contributed by atoms with E-state index in [9.17, 15) is 4.79 Å². The zero-order valence-electron chi connectivity index (χ0n) is 14.9. The van der Waals surface area contributed by atoms with Crippen LogP contribution in [0, 0.1) is 0 Å². The monoisotopic (exact) mass is 334 g/mol. The third-order valence-corrected chi connectivity index (χ3v) is 4.25. The van der Waals surface area contributed by atoms with E-state index in [1.165, 1.54) is 5.56 Å². The van der Waals surface area contributed by atoms with Gasteiger partial charge in [-0.25, -0.2) is 4.79 Å². The number of carbonyl (C=O) groups is 1. The molecule has 0 spiro atoms. The predicted molar refractivity (Wildman–Crippen MR) is 95.9 cm³/mol. The maximum absolute atomic E-state index is 11.9. The van der Waals surface area contributed by atoms with E-state index in [4.69, 9.17) is 4.74 Å². The number of urea groups is 1. The number of amides is 2. The molecule has 0 saturated carbocycles. The van der Waals surface area contributed by atoms with Crippen LogP contribution in [0.2, 0.25) is 0 Å². The van der Waals surface area contributed by atoms with Gasteiger partial charge in [0, 0.05) is 39.3 Å². The minimum absolute atomic E-state index is 0.112. The van der Waals surface area contributed by atoms with Crippen molar-refractivity contribution in [1.29, 1.82) is 0 Å². The van der Waals surface area contributed by atoms with Crippen molar-refractivity contribution in [2.24, 2.45) is 0 Å². The average molecular weight is 334 g/mol. The van der Waals surface area contributed by atoms with Crippen LogP contribution in [0.4, 0.5) is 4.79 Å². The molecule has 0 atom stereocenters. The molecule has 6 nitrogen and oxygen atoms in total. The molecule has 1 aromatic rings. The van der Waals surface area contributed by atoms with Gasteiger partial charge >= 0.3 is 6.03 Å². The lowest BCUT2D eigenvalue weighted by Gasteiger charge is -2.26. The van der Waals surface area contributed by atoms with E-state index < -0.39 is 0 Å². The number of ether oxygens (including phenoxy) is 1. The molecule has 1 aromatic carbocycles. The lowest BCUT2D eigenvalue weighted by Crippen LogP contribution is -2.43. The van der Waals surface area contributed by atoms with Crippen molar-refractivity contribution in [3.05, 3.63) is 35.4 Å². The molecule has 2 amide bonds. The van der Waals surface area contributed by atoms with Crippen molar-refractivity contribution in [2.75, 3.05) is 53.0 Å². The van der Waals surface area contributed by atoms with E-state index in [0.717, 1.165) is 51.5 Å². The van der Waals surface area contributed by atoms with Gasteiger partial charge < -0.3 is 20.3 Å². The summed E-state index contributed by atoms with van der Waals surface area (Å²) in [5, 5.41) is 5.84. The summed E-state index contributed by atoms with van der Waals surface area (Å²) < 4.78 is 5.31. The minimum Gasteiger partial charge on any atom is -0.379 e. The molecule has 1 aliphatic rings. The Morgan fingerprint density at radius 3 is 2.75 bits per heavy atom. The highest BCUT2D eigenvalue weighted by Crippen LogP contribution is 2.07. The van der Waals surface area contributed by atoms with Gasteiger partial charge in [-0.05, 0) is 24.7 Å². The molecule has 134 valence electrons. The first-order chi connectivity index (χ1) is 11.7. The zero-order chi connectivity index (χ0) is 17.2. The number of benzene rings is 1. The summed E-state index contributed by atoms with van der Waals surface area (Å²) in [5.74, 6) is 0. The smallest absolute Gasteiger partial charge is 0.315 e. The third kappa shape index (κ3) is 6.86. The fourth-order valence-electron chi connectivity index (χ4n) is 2.66. The Morgan fingerprint density at radius 1 is 1.25 bits per heavy atom. The van der Waals surface area contributed by atoms with Gasteiger partial charge in [-0.1, -0.05) is 31.2 Å². The number of rotatable bonds is 8. The Bertz CT molecular complexity index is 504. The summed E-state index contributed by atoms with van der Waals surface area (Å²) in [4.78, 5) is 16.5. The quantitative estimate of drug-likeness (QED) is 0.752. The largest absolute Gasteiger partial charge is 0.379 e. The molecule has 0 unspecified atom stereocenters. The van der Waals surface area contributed by atoms with Crippen LogP contribution in [-0.4, -0.2) is 68.8 Å². The molecule has 0 aliphatic carbocycles. The summed E-state index contributed by atoms with van der Waals surface area (Å²) in [6.45, 7) is 9.64. The van der Waals surface area contributed by atoms with E-state index in [1.807, 2.05) is 12.1 Å². The first kappa shape index (κ1) is 18.7. The molecule has 1 aliphatic heterocycles. The van der Waals surface area contributed by atoms with Crippen LogP contribution in [0.15, 0.2) is 24.3 Å². The first-order valence-corrected chi connectivity index (χ1v) is 8.75. The van der Waals surface area contributed by atoms with Crippen LogP contribution in [0.25, 0.3) is 0 Å². The van der Waals surface area contributed by atoms with Crippen LogP contribution in [0.3, 0.4) is 0 Å². The molecular weight excluding hydrogens is 304 g/mol. The highest BCUT2D eigenvalue weighted by atomic mass is 16.5. The van der Waals surface area contributed by atoms with Crippen molar-refractivity contribution in [3.8, 4) is 0 Å². The van der Waals surface area contributed by atoms with E-state index >= 15 is 0 Å². The van der Waals surface area contributed by atoms with E-state index in [1.54, 1.807) is 0 Å². The molecule has 1 fully saturated rings. The Kier molecular flexibility index (Phi) is 8.01. The van der Waals surface area contributed by atoms with Crippen LogP contribution < -0.4 is 10.6 Å². The van der Waals surface area contributed by atoms with Gasteiger partial charge in [0.1, 0.15) is 0 Å². The fraction of sp³-hybridized carbons (Fsp3) is 0.611. The van der Waals surface area contributed by atoms with Gasteiger partial charge in [-0.15, -0.1) is 0 Å². The highest BCUT2D eigenvalue weighted by molar-refractivity contribution is 5.73. The molecular formula is C18H30N4O2. The second-order valence-electron chi connectivity index (χ2n) is 6.21. The van der Waals surface area contributed by atoms with Crippen LogP contribution >= 0.6 is 0 Å². The van der Waals surface area contributed by atoms with Crippen molar-refractivity contribution in [3.63, 3.8) is 0 Å². The maximum atomic E-state index is 11.9. The second-order valence-corrected chi connectivity index (χ2v) is 6.21. The number of morpholine rings is 1. The fourth-order valence-corrected chi connectivity index (χ4v) is 2.66. The Morgan fingerprint density at radius 2 is 2.00 bits per heavy atom. The molecule has 0 aromatic heterocycles. The van der Waals surface area contributed by atoms with E-state index in [0.29, 0.717) is 13.1 Å². The molecule has 0 bridgehead atoms. The van der Waals surface area contributed by atoms with Gasteiger partial charge in [0.05, 0.1) is 13.2 Å². The van der Waals surface area contributed by atoms with Crippen molar-refractivity contribution in [1.82, 2.24) is 20.4 Å². The summed E-state index contributed by atoms with van der Waals surface area (Å²) in [6, 6.07) is 8.26. The molecule has 24 heavy (non-hydrogen) atoms. The summed E-state index contributed by atoms with van der Waals surface area (Å²) in [6.07, 6.45) is 0. The van der Waals surface area contributed by atoms with Gasteiger partial charge in [0.25, 0.3) is 0 Å².